The van der Waals surface area contributed by atoms with Gasteiger partial charge in [0.05, 0.1) is 10.6 Å². The van der Waals surface area contributed by atoms with Crippen LogP contribution >= 0.6 is 11.6 Å². The van der Waals surface area contributed by atoms with Crippen LogP contribution in [0.4, 0.5) is 10.5 Å². The molecule has 1 aliphatic rings. The van der Waals surface area contributed by atoms with Crippen molar-refractivity contribution >= 4 is 29.2 Å². The molecule has 7 heteroatoms. The summed E-state index contributed by atoms with van der Waals surface area (Å²) in [6.45, 7) is 8.96. The lowest BCUT2D eigenvalue weighted by Crippen LogP contribution is -2.49. The SMILES string of the molecule is CC1CCN(C(=O)c2cc(NC(=O)NC(C)(C)C)ccc2Cl)C(CN)C1. The minimum Gasteiger partial charge on any atom is -0.334 e. The standard InChI is InChI=1S/C19H29ClN4O2/c1-12-7-8-24(14(9-12)11-21)17(25)15-10-13(5-6-16(15)20)22-18(26)23-19(2,3)4/h5-6,10,12,14H,7-9,11,21H2,1-4H3,(H2,22,23,26). The number of carbonyl (C=O) groups is 2. The fourth-order valence-electron chi connectivity index (χ4n) is 3.17. The van der Waals surface area contributed by atoms with Crippen LogP contribution in [-0.4, -0.2) is 41.5 Å². The van der Waals surface area contributed by atoms with Gasteiger partial charge in [0.2, 0.25) is 0 Å². The summed E-state index contributed by atoms with van der Waals surface area (Å²) in [6.07, 6.45) is 1.84. The molecule has 2 atom stereocenters. The molecular weight excluding hydrogens is 352 g/mol. The quantitative estimate of drug-likeness (QED) is 0.750. The van der Waals surface area contributed by atoms with E-state index in [0.29, 0.717) is 35.3 Å². The number of anilines is 1. The van der Waals surface area contributed by atoms with Crippen molar-refractivity contribution in [3.8, 4) is 0 Å². The molecule has 0 bridgehead atoms. The van der Waals surface area contributed by atoms with Crippen LogP contribution in [0.5, 0.6) is 0 Å². The Kier molecular flexibility index (Phi) is 6.53. The zero-order valence-corrected chi connectivity index (χ0v) is 16.7. The minimum atomic E-state index is -0.353. The van der Waals surface area contributed by atoms with E-state index in [9.17, 15) is 9.59 Å². The first kappa shape index (κ1) is 20.5. The number of rotatable bonds is 3. The summed E-state index contributed by atoms with van der Waals surface area (Å²) >= 11 is 6.27. The van der Waals surface area contributed by atoms with Gasteiger partial charge in [-0.05, 0) is 57.7 Å². The Balaban J connectivity index is 2.18. The third kappa shape index (κ3) is 5.35. The number of nitrogens with one attached hydrogen (secondary N) is 2. The second-order valence-electron chi connectivity index (χ2n) is 8.04. The van der Waals surface area contributed by atoms with Gasteiger partial charge < -0.3 is 21.3 Å². The molecule has 4 N–H and O–H groups in total. The van der Waals surface area contributed by atoms with E-state index < -0.39 is 0 Å². The third-order valence-electron chi connectivity index (χ3n) is 4.45. The fraction of sp³-hybridized carbons (Fsp3) is 0.579. The van der Waals surface area contributed by atoms with Crippen molar-refractivity contribution in [3.63, 3.8) is 0 Å². The third-order valence-corrected chi connectivity index (χ3v) is 4.78. The number of amides is 3. The Morgan fingerprint density at radius 1 is 1.35 bits per heavy atom. The molecule has 1 aromatic rings. The molecule has 2 unspecified atom stereocenters. The molecule has 2 rings (SSSR count). The van der Waals surface area contributed by atoms with Crippen molar-refractivity contribution in [1.29, 1.82) is 0 Å². The number of benzene rings is 1. The number of carbonyl (C=O) groups excluding carboxylic acids is 2. The predicted molar refractivity (Wildman–Crippen MR) is 106 cm³/mol. The Labute approximate surface area is 160 Å². The van der Waals surface area contributed by atoms with Crippen LogP contribution in [0.2, 0.25) is 5.02 Å². The van der Waals surface area contributed by atoms with Crippen LogP contribution < -0.4 is 16.4 Å². The number of likely N-dealkylation sites (tertiary alicyclic amines) is 1. The van der Waals surface area contributed by atoms with Gasteiger partial charge in [-0.3, -0.25) is 4.79 Å². The highest BCUT2D eigenvalue weighted by atomic mass is 35.5. The van der Waals surface area contributed by atoms with E-state index in [0.717, 1.165) is 12.8 Å². The van der Waals surface area contributed by atoms with Gasteiger partial charge >= 0.3 is 6.03 Å². The van der Waals surface area contributed by atoms with Gasteiger partial charge in [0.1, 0.15) is 0 Å². The van der Waals surface area contributed by atoms with Crippen LogP contribution in [-0.2, 0) is 0 Å². The normalized spacial score (nSPS) is 20.6. The number of nitrogens with zero attached hydrogens (tertiary/aromatic N) is 1. The number of nitrogens with two attached hydrogens (primary N) is 1. The van der Waals surface area contributed by atoms with Gasteiger partial charge in [0, 0.05) is 30.4 Å². The lowest BCUT2D eigenvalue weighted by molar-refractivity contribution is 0.0574. The maximum absolute atomic E-state index is 13.0. The molecule has 1 aliphatic heterocycles. The van der Waals surface area contributed by atoms with Gasteiger partial charge in [-0.1, -0.05) is 18.5 Å². The summed E-state index contributed by atoms with van der Waals surface area (Å²) in [5.74, 6) is 0.411. The maximum atomic E-state index is 13.0. The van der Waals surface area contributed by atoms with Gasteiger partial charge in [-0.25, -0.2) is 4.79 Å². The molecule has 26 heavy (non-hydrogen) atoms. The van der Waals surface area contributed by atoms with Crippen LogP contribution in [0.3, 0.4) is 0 Å². The predicted octanol–water partition coefficient (Wildman–Crippen LogP) is 3.46. The van der Waals surface area contributed by atoms with Gasteiger partial charge in [-0.15, -0.1) is 0 Å². The largest absolute Gasteiger partial charge is 0.334 e. The molecule has 0 aromatic heterocycles. The average molecular weight is 381 g/mol. The van der Waals surface area contributed by atoms with Gasteiger partial charge in [0.25, 0.3) is 5.91 Å². The smallest absolute Gasteiger partial charge is 0.319 e. The number of hydrogen-bond acceptors (Lipinski definition) is 3. The van der Waals surface area contributed by atoms with Crippen LogP contribution in [0.1, 0.15) is 50.9 Å². The van der Waals surface area contributed by atoms with Gasteiger partial charge in [-0.2, -0.15) is 0 Å². The van der Waals surface area contributed by atoms with Crippen molar-refractivity contribution in [2.45, 2.75) is 52.1 Å². The number of halogens is 1. The highest BCUT2D eigenvalue weighted by molar-refractivity contribution is 6.34. The minimum absolute atomic E-state index is 0.0168. The molecule has 1 heterocycles. The summed E-state index contributed by atoms with van der Waals surface area (Å²) in [5, 5.41) is 5.94. The monoisotopic (exact) mass is 380 g/mol. The first-order chi connectivity index (χ1) is 12.1. The van der Waals surface area contributed by atoms with Gasteiger partial charge in [0.15, 0.2) is 0 Å². The Morgan fingerprint density at radius 2 is 2.04 bits per heavy atom. The number of hydrogen-bond donors (Lipinski definition) is 3. The van der Waals surface area contributed by atoms with Crippen molar-refractivity contribution in [1.82, 2.24) is 10.2 Å². The van der Waals surface area contributed by atoms with E-state index in [1.165, 1.54) is 0 Å². The molecule has 0 radical (unpaired) electrons. The molecule has 1 aromatic carbocycles. The summed E-state index contributed by atoms with van der Waals surface area (Å²) in [4.78, 5) is 26.9. The molecule has 144 valence electrons. The molecular formula is C19H29ClN4O2. The molecule has 0 saturated carbocycles. The zero-order chi connectivity index (χ0) is 19.5. The van der Waals surface area contributed by atoms with E-state index in [2.05, 4.69) is 17.6 Å². The number of piperidine rings is 1. The number of urea groups is 1. The van der Waals surface area contributed by atoms with Crippen molar-refractivity contribution in [2.24, 2.45) is 11.7 Å². The van der Waals surface area contributed by atoms with E-state index in [1.54, 1.807) is 23.1 Å². The van der Waals surface area contributed by atoms with Crippen LogP contribution in [0, 0.1) is 5.92 Å². The summed E-state index contributed by atoms with van der Waals surface area (Å²) in [7, 11) is 0. The lowest BCUT2D eigenvalue weighted by Gasteiger charge is -2.38. The van der Waals surface area contributed by atoms with Crippen molar-refractivity contribution in [3.05, 3.63) is 28.8 Å². The highest BCUT2D eigenvalue weighted by Gasteiger charge is 2.30. The molecule has 1 fully saturated rings. The van der Waals surface area contributed by atoms with E-state index in [-0.39, 0.29) is 23.5 Å². The van der Waals surface area contributed by atoms with E-state index >= 15 is 0 Å². The lowest BCUT2D eigenvalue weighted by atomic mass is 9.92. The van der Waals surface area contributed by atoms with E-state index in [4.69, 9.17) is 17.3 Å². The molecule has 0 spiro atoms. The van der Waals surface area contributed by atoms with Crippen molar-refractivity contribution in [2.75, 3.05) is 18.4 Å². The Hall–Kier alpha value is -1.79. The molecule has 3 amide bonds. The van der Waals surface area contributed by atoms with Crippen LogP contribution in [0.25, 0.3) is 0 Å². The Morgan fingerprint density at radius 3 is 2.65 bits per heavy atom. The fourth-order valence-corrected chi connectivity index (χ4v) is 3.37. The summed E-state index contributed by atoms with van der Waals surface area (Å²) < 4.78 is 0. The van der Waals surface area contributed by atoms with E-state index in [1.807, 2.05) is 20.8 Å². The second kappa shape index (κ2) is 8.27. The highest BCUT2D eigenvalue weighted by Crippen LogP contribution is 2.27. The summed E-state index contributed by atoms with van der Waals surface area (Å²) in [6, 6.07) is 4.62. The van der Waals surface area contributed by atoms with Crippen molar-refractivity contribution < 1.29 is 9.59 Å². The van der Waals surface area contributed by atoms with Crippen LogP contribution in [0.15, 0.2) is 18.2 Å². The molecule has 1 saturated heterocycles. The molecule has 0 aliphatic carbocycles. The average Bonchev–Trinajstić information content (AvgIpc) is 2.54. The second-order valence-corrected chi connectivity index (χ2v) is 8.45. The molecule has 6 nitrogen and oxygen atoms in total. The zero-order valence-electron chi connectivity index (χ0n) is 15.9. The topological polar surface area (TPSA) is 87.5 Å². The maximum Gasteiger partial charge on any atom is 0.319 e. The first-order valence-corrected chi connectivity index (χ1v) is 9.38. The summed E-state index contributed by atoms with van der Waals surface area (Å²) in [5.41, 5.74) is 6.42. The Bertz CT molecular complexity index is 672. The first-order valence-electron chi connectivity index (χ1n) is 9.00.